The number of carboxylic acids is 1. The number of halogens is 1. The van der Waals surface area contributed by atoms with Gasteiger partial charge in [-0.25, -0.2) is 4.39 Å². The second kappa shape index (κ2) is 9.84. The van der Waals surface area contributed by atoms with Crippen molar-refractivity contribution in [3.8, 4) is 33.8 Å². The zero-order valence-electron chi connectivity index (χ0n) is 22.3. The quantitative estimate of drug-likeness (QED) is 0.283. The van der Waals surface area contributed by atoms with Gasteiger partial charge in [0.05, 0.1) is 13.0 Å². The van der Waals surface area contributed by atoms with Gasteiger partial charge in [-0.05, 0) is 96.8 Å². The number of benzene rings is 3. The van der Waals surface area contributed by atoms with Gasteiger partial charge < -0.3 is 14.6 Å². The van der Waals surface area contributed by atoms with E-state index < -0.39 is 12.1 Å². The minimum atomic E-state index is -0.849. The molecule has 6 rings (SSSR count). The second-order valence-corrected chi connectivity index (χ2v) is 10.6. The maximum Gasteiger partial charge on any atom is 0.304 e. The molecule has 2 unspecified atom stereocenters. The van der Waals surface area contributed by atoms with E-state index in [0.717, 1.165) is 56.6 Å². The Morgan fingerprint density at radius 2 is 1.85 bits per heavy atom. The Kier molecular flexibility index (Phi) is 6.34. The van der Waals surface area contributed by atoms with Crippen molar-refractivity contribution in [2.75, 3.05) is 6.61 Å². The van der Waals surface area contributed by atoms with E-state index in [9.17, 15) is 4.79 Å². The van der Waals surface area contributed by atoms with E-state index in [2.05, 4.69) is 37.0 Å². The lowest BCUT2D eigenvalue weighted by atomic mass is 9.88. The molecule has 0 spiro atoms. The summed E-state index contributed by atoms with van der Waals surface area (Å²) in [5.41, 5.74) is 10.2. The molecule has 0 amide bonds. The number of aliphatic carboxylic acids is 1. The average molecular weight is 524 g/mol. The smallest absolute Gasteiger partial charge is 0.304 e. The molecular formula is C33H30FNO4. The summed E-state index contributed by atoms with van der Waals surface area (Å²) < 4.78 is 27.4. The van der Waals surface area contributed by atoms with E-state index in [1.807, 2.05) is 37.4 Å². The summed E-state index contributed by atoms with van der Waals surface area (Å²) >= 11 is 0. The summed E-state index contributed by atoms with van der Waals surface area (Å²) in [5, 5.41) is 9.16. The summed E-state index contributed by atoms with van der Waals surface area (Å²) in [6, 6.07) is 17.4. The molecular weight excluding hydrogens is 493 g/mol. The van der Waals surface area contributed by atoms with Crippen LogP contribution in [-0.2, 0) is 11.2 Å². The Labute approximate surface area is 227 Å². The standard InChI is InChI=1S/C33H30FNO4/c1-18-12-22(21-10-11-35-20(3)14-21)13-19(2)32(18)26-6-8-28(34)33-27(26)7-9-29(33)39-24-4-5-25-23(15-31(36)37)17-38-30(25)16-24/h4-6,8,10-14,16,23,29H,7,9,15,17H2,1-3H3,(H,36,37). The summed E-state index contributed by atoms with van der Waals surface area (Å²) in [7, 11) is 0. The number of hydrogen-bond acceptors (Lipinski definition) is 4. The first kappa shape index (κ1) is 25.1. The maximum atomic E-state index is 15.3. The molecule has 0 radical (unpaired) electrons. The topological polar surface area (TPSA) is 68.7 Å². The molecule has 1 aliphatic heterocycles. The molecule has 0 fully saturated rings. The predicted octanol–water partition coefficient (Wildman–Crippen LogP) is 7.50. The zero-order chi connectivity index (χ0) is 27.3. The number of hydrogen-bond donors (Lipinski definition) is 1. The van der Waals surface area contributed by atoms with E-state index in [1.165, 1.54) is 0 Å². The third kappa shape index (κ3) is 4.65. The van der Waals surface area contributed by atoms with E-state index in [-0.39, 0.29) is 18.2 Å². The van der Waals surface area contributed by atoms with Crippen molar-refractivity contribution < 1.29 is 23.8 Å². The summed E-state index contributed by atoms with van der Waals surface area (Å²) in [6.45, 7) is 6.55. The van der Waals surface area contributed by atoms with Gasteiger partial charge in [-0.15, -0.1) is 0 Å². The fourth-order valence-corrected chi connectivity index (χ4v) is 6.18. The van der Waals surface area contributed by atoms with E-state index in [1.54, 1.807) is 12.1 Å². The van der Waals surface area contributed by atoms with Crippen LogP contribution < -0.4 is 9.47 Å². The number of aryl methyl sites for hydroxylation is 3. The Bertz CT molecular complexity index is 1590. The summed E-state index contributed by atoms with van der Waals surface area (Å²) in [5.74, 6) is -0.0366. The first-order valence-corrected chi connectivity index (χ1v) is 13.3. The highest BCUT2D eigenvalue weighted by Crippen LogP contribution is 2.45. The van der Waals surface area contributed by atoms with Crippen LogP contribution in [0.2, 0.25) is 0 Å². The number of fused-ring (bicyclic) bond motifs is 2. The van der Waals surface area contributed by atoms with Crippen LogP contribution in [0.5, 0.6) is 11.5 Å². The van der Waals surface area contributed by atoms with Gasteiger partial charge in [-0.1, -0.05) is 24.3 Å². The monoisotopic (exact) mass is 523 g/mol. The van der Waals surface area contributed by atoms with Crippen LogP contribution in [0.3, 0.4) is 0 Å². The lowest BCUT2D eigenvalue weighted by molar-refractivity contribution is -0.137. The van der Waals surface area contributed by atoms with Gasteiger partial charge >= 0.3 is 5.97 Å². The van der Waals surface area contributed by atoms with Crippen molar-refractivity contribution in [3.63, 3.8) is 0 Å². The van der Waals surface area contributed by atoms with Crippen molar-refractivity contribution >= 4 is 5.97 Å². The van der Waals surface area contributed by atoms with Gasteiger partial charge in [0.1, 0.15) is 23.4 Å². The Morgan fingerprint density at radius 3 is 2.59 bits per heavy atom. The number of ether oxygens (including phenoxy) is 2. The fraction of sp³-hybridized carbons (Fsp3) is 0.273. The maximum absolute atomic E-state index is 15.3. The lowest BCUT2D eigenvalue weighted by Gasteiger charge is -2.19. The van der Waals surface area contributed by atoms with Gasteiger partial charge in [0.25, 0.3) is 0 Å². The molecule has 3 aromatic carbocycles. The van der Waals surface area contributed by atoms with E-state index in [0.29, 0.717) is 30.1 Å². The van der Waals surface area contributed by atoms with Crippen LogP contribution in [0.25, 0.3) is 22.3 Å². The fourth-order valence-electron chi connectivity index (χ4n) is 6.18. The molecule has 6 heteroatoms. The second-order valence-electron chi connectivity index (χ2n) is 10.6. The molecule has 2 aliphatic rings. The van der Waals surface area contributed by atoms with Crippen molar-refractivity contribution in [1.82, 2.24) is 4.98 Å². The third-order valence-electron chi connectivity index (χ3n) is 7.88. The molecule has 198 valence electrons. The number of pyridine rings is 1. The molecule has 1 aliphatic carbocycles. The lowest BCUT2D eigenvalue weighted by Crippen LogP contribution is -2.07. The molecule has 4 aromatic rings. The number of rotatable bonds is 6. The molecule has 0 saturated carbocycles. The third-order valence-corrected chi connectivity index (χ3v) is 7.88. The van der Waals surface area contributed by atoms with Crippen molar-refractivity contribution in [3.05, 3.63) is 100 Å². The van der Waals surface area contributed by atoms with Gasteiger partial charge in [-0.2, -0.15) is 0 Å². The van der Waals surface area contributed by atoms with E-state index in [4.69, 9.17) is 14.6 Å². The van der Waals surface area contributed by atoms with Crippen LogP contribution in [0.15, 0.2) is 60.8 Å². The first-order chi connectivity index (χ1) is 18.8. The number of carbonyl (C=O) groups is 1. The SMILES string of the molecule is Cc1cc(-c2cc(C)c(-c3ccc(F)c4c3CCC4Oc3ccc4c(c3)OCC4CC(=O)O)c(C)c2)ccn1. The molecule has 0 saturated heterocycles. The number of carboxylic acid groups (broad SMARTS) is 1. The van der Waals surface area contributed by atoms with Gasteiger partial charge in [0.15, 0.2) is 0 Å². The predicted molar refractivity (Wildman–Crippen MR) is 148 cm³/mol. The largest absolute Gasteiger partial charge is 0.492 e. The van der Waals surface area contributed by atoms with Gasteiger partial charge in [0, 0.05) is 35.0 Å². The highest BCUT2D eigenvalue weighted by Gasteiger charge is 2.32. The first-order valence-electron chi connectivity index (χ1n) is 13.3. The van der Waals surface area contributed by atoms with Crippen LogP contribution in [0.4, 0.5) is 4.39 Å². The van der Waals surface area contributed by atoms with Crippen LogP contribution >= 0.6 is 0 Å². The molecule has 2 atom stereocenters. The Balaban J connectivity index is 1.31. The molecule has 1 aromatic heterocycles. The Morgan fingerprint density at radius 1 is 1.05 bits per heavy atom. The minimum absolute atomic E-state index is 0.0270. The molecule has 1 N–H and O–H groups in total. The number of aromatic nitrogens is 1. The van der Waals surface area contributed by atoms with Crippen molar-refractivity contribution in [2.24, 2.45) is 0 Å². The van der Waals surface area contributed by atoms with E-state index >= 15 is 4.39 Å². The minimum Gasteiger partial charge on any atom is -0.492 e. The number of nitrogens with zero attached hydrogens (tertiary/aromatic N) is 1. The van der Waals surface area contributed by atoms with Crippen molar-refractivity contribution in [1.29, 1.82) is 0 Å². The van der Waals surface area contributed by atoms with Gasteiger partial charge in [0.2, 0.25) is 0 Å². The normalized spacial score (nSPS) is 17.4. The molecule has 39 heavy (non-hydrogen) atoms. The molecule has 2 heterocycles. The Hall–Kier alpha value is -4.19. The highest BCUT2D eigenvalue weighted by atomic mass is 19.1. The molecule has 0 bridgehead atoms. The summed E-state index contributed by atoms with van der Waals surface area (Å²) in [6.07, 6.45) is 2.85. The van der Waals surface area contributed by atoms with Crippen LogP contribution in [-0.4, -0.2) is 22.7 Å². The van der Waals surface area contributed by atoms with Crippen molar-refractivity contribution in [2.45, 2.75) is 52.1 Å². The van der Waals surface area contributed by atoms with Crippen LogP contribution in [0.1, 0.15) is 58.4 Å². The zero-order valence-corrected chi connectivity index (χ0v) is 22.3. The average Bonchev–Trinajstić information content (AvgIpc) is 3.49. The van der Waals surface area contributed by atoms with Gasteiger partial charge in [-0.3, -0.25) is 9.78 Å². The molecule has 5 nitrogen and oxygen atoms in total. The van der Waals surface area contributed by atoms with Crippen LogP contribution in [0, 0.1) is 26.6 Å². The highest BCUT2D eigenvalue weighted by molar-refractivity contribution is 5.79. The summed E-state index contributed by atoms with van der Waals surface area (Å²) in [4.78, 5) is 15.5.